The number of carbonyl (C=O) groups excluding carboxylic acids is 3. The zero-order valence-electron chi connectivity index (χ0n) is 14.3. The number of H-pyrrole nitrogens is 1. The van der Waals surface area contributed by atoms with Gasteiger partial charge in [-0.05, 0) is 26.3 Å². The molecular weight excluding hydrogens is 328 g/mol. The van der Waals surface area contributed by atoms with Crippen LogP contribution in [0.2, 0.25) is 0 Å². The van der Waals surface area contributed by atoms with Gasteiger partial charge in [-0.25, -0.2) is 9.59 Å². The van der Waals surface area contributed by atoms with Crippen LogP contribution in [0.3, 0.4) is 0 Å². The lowest BCUT2D eigenvalue weighted by Crippen LogP contribution is -2.27. The summed E-state index contributed by atoms with van der Waals surface area (Å²) in [6, 6.07) is 2.60. The van der Waals surface area contributed by atoms with Crippen molar-refractivity contribution >= 4 is 17.7 Å². The molecule has 0 bridgehead atoms. The molecule has 1 N–H and O–H groups in total. The molecule has 0 aromatic carbocycles. The highest BCUT2D eigenvalue weighted by atomic mass is 16.5. The number of hydrogen-bond acceptors (Lipinski definition) is 6. The molecule has 0 aliphatic carbocycles. The largest absolute Gasteiger partial charge is 0.619 e. The first-order valence-corrected chi connectivity index (χ1v) is 7.47. The smallest absolute Gasteiger partial charge is 0.339 e. The third kappa shape index (κ3) is 3.68. The maximum Gasteiger partial charge on any atom is 0.339 e. The third-order valence-corrected chi connectivity index (χ3v) is 3.76. The Labute approximate surface area is 144 Å². The highest BCUT2D eigenvalue weighted by Crippen LogP contribution is 2.21. The first kappa shape index (κ1) is 18.2. The van der Waals surface area contributed by atoms with E-state index in [0.717, 1.165) is 12.4 Å². The first-order chi connectivity index (χ1) is 11.8. The Bertz CT molecular complexity index is 822. The molecule has 2 heterocycles. The Morgan fingerprint density at radius 3 is 2.32 bits per heavy atom. The summed E-state index contributed by atoms with van der Waals surface area (Å²) >= 11 is 0. The molecule has 0 radical (unpaired) electrons. The third-order valence-electron chi connectivity index (χ3n) is 3.76. The molecule has 0 saturated carbocycles. The predicted molar refractivity (Wildman–Crippen MR) is 86.2 cm³/mol. The van der Waals surface area contributed by atoms with Crippen molar-refractivity contribution in [2.24, 2.45) is 0 Å². The van der Waals surface area contributed by atoms with Gasteiger partial charge < -0.3 is 19.7 Å². The van der Waals surface area contributed by atoms with Crippen LogP contribution in [0.4, 0.5) is 0 Å². The molecule has 8 heteroatoms. The lowest BCUT2D eigenvalue weighted by Gasteiger charge is -2.12. The molecule has 2 aromatic rings. The molecule has 1 atom stereocenters. The standard InChI is InChI=1S/C17H18N2O6/c1-9-13(17(22)24-4)10(2)18-14(9)15(20)11(3)25-16(21)12-5-7-19(23)8-6-12/h5-8,11,18H,1-4H3/t11-/m0/s1. The maximum atomic E-state index is 12.5. The Kier molecular flexibility index (Phi) is 5.21. The molecule has 0 saturated heterocycles. The summed E-state index contributed by atoms with van der Waals surface area (Å²) in [5, 5.41) is 11.0. The zero-order valence-corrected chi connectivity index (χ0v) is 14.3. The van der Waals surface area contributed by atoms with Gasteiger partial charge in [0.25, 0.3) is 0 Å². The number of methoxy groups -OCH3 is 1. The van der Waals surface area contributed by atoms with Crippen molar-refractivity contribution < 1.29 is 28.6 Å². The number of carbonyl (C=O) groups is 3. The Balaban J connectivity index is 2.19. The minimum atomic E-state index is -1.07. The molecule has 2 aromatic heterocycles. The summed E-state index contributed by atoms with van der Waals surface area (Å²) in [7, 11) is 1.26. The molecular formula is C17H18N2O6. The second-order valence-corrected chi connectivity index (χ2v) is 5.48. The Morgan fingerprint density at radius 1 is 1.16 bits per heavy atom. The Hall–Kier alpha value is -3.16. The van der Waals surface area contributed by atoms with Crippen LogP contribution < -0.4 is 4.73 Å². The topological polar surface area (TPSA) is 112 Å². The van der Waals surface area contributed by atoms with E-state index in [2.05, 4.69) is 4.98 Å². The second-order valence-electron chi connectivity index (χ2n) is 5.48. The van der Waals surface area contributed by atoms with Crippen molar-refractivity contribution in [3.8, 4) is 0 Å². The number of ether oxygens (including phenoxy) is 2. The average molecular weight is 346 g/mol. The molecule has 2 rings (SSSR count). The maximum absolute atomic E-state index is 12.5. The van der Waals surface area contributed by atoms with E-state index in [-0.39, 0.29) is 16.8 Å². The van der Waals surface area contributed by atoms with Crippen molar-refractivity contribution in [2.75, 3.05) is 7.11 Å². The summed E-state index contributed by atoms with van der Waals surface area (Å²) in [4.78, 5) is 39.2. The number of aryl methyl sites for hydroxylation is 1. The van der Waals surface area contributed by atoms with Crippen LogP contribution in [-0.2, 0) is 9.47 Å². The molecule has 0 fully saturated rings. The van der Waals surface area contributed by atoms with Crippen molar-refractivity contribution in [1.29, 1.82) is 0 Å². The van der Waals surface area contributed by atoms with Crippen molar-refractivity contribution in [3.05, 3.63) is 57.8 Å². The van der Waals surface area contributed by atoms with E-state index in [1.165, 1.54) is 26.2 Å². The number of nitrogens with one attached hydrogen (secondary N) is 1. The van der Waals surface area contributed by atoms with Gasteiger partial charge in [0.15, 0.2) is 18.5 Å². The summed E-state index contributed by atoms with van der Waals surface area (Å²) in [6.07, 6.45) is 1.24. The highest BCUT2D eigenvalue weighted by Gasteiger charge is 2.27. The molecule has 0 amide bonds. The molecule has 0 unspecified atom stereocenters. The summed E-state index contributed by atoms with van der Waals surface area (Å²) in [6.45, 7) is 4.70. The predicted octanol–water partition coefficient (Wildman–Crippen LogP) is 1.48. The lowest BCUT2D eigenvalue weighted by molar-refractivity contribution is -0.605. The monoisotopic (exact) mass is 346 g/mol. The van der Waals surface area contributed by atoms with E-state index < -0.39 is 23.8 Å². The summed E-state index contributed by atoms with van der Waals surface area (Å²) < 4.78 is 10.4. The molecule has 0 aliphatic rings. The number of Topliss-reactive ketones (excluding diaryl/α,β-unsaturated/α-hetero) is 1. The van der Waals surface area contributed by atoms with Crippen LogP contribution in [0, 0.1) is 19.1 Å². The SMILES string of the molecule is COC(=O)c1c(C)[nH]c(C(=O)[C@H](C)OC(=O)c2cc[n+]([O-])cc2)c1C. The number of hydrogen-bond donors (Lipinski definition) is 1. The number of aromatic nitrogens is 2. The number of rotatable bonds is 5. The van der Waals surface area contributed by atoms with E-state index in [1.54, 1.807) is 13.8 Å². The van der Waals surface area contributed by atoms with Crippen LogP contribution in [0.1, 0.15) is 49.4 Å². The fourth-order valence-electron chi connectivity index (χ4n) is 2.44. The fraction of sp³-hybridized carbons (Fsp3) is 0.294. The van der Waals surface area contributed by atoms with Crippen LogP contribution in [-0.4, -0.2) is 35.9 Å². The van der Waals surface area contributed by atoms with Gasteiger partial charge in [0.05, 0.1) is 23.9 Å². The summed E-state index contributed by atoms with van der Waals surface area (Å²) in [5.74, 6) is -1.75. The minimum absolute atomic E-state index is 0.154. The fourth-order valence-corrected chi connectivity index (χ4v) is 2.44. The van der Waals surface area contributed by atoms with E-state index in [4.69, 9.17) is 9.47 Å². The van der Waals surface area contributed by atoms with E-state index in [1.807, 2.05) is 0 Å². The van der Waals surface area contributed by atoms with E-state index in [0.29, 0.717) is 16.0 Å². The van der Waals surface area contributed by atoms with E-state index >= 15 is 0 Å². The molecule has 0 aliphatic heterocycles. The van der Waals surface area contributed by atoms with Gasteiger partial charge in [-0.2, -0.15) is 4.73 Å². The average Bonchev–Trinajstić information content (AvgIpc) is 2.88. The van der Waals surface area contributed by atoms with Gasteiger partial charge in [0, 0.05) is 17.8 Å². The van der Waals surface area contributed by atoms with Gasteiger partial charge in [-0.1, -0.05) is 0 Å². The highest BCUT2D eigenvalue weighted by molar-refractivity contribution is 6.04. The molecule has 132 valence electrons. The van der Waals surface area contributed by atoms with Crippen molar-refractivity contribution in [3.63, 3.8) is 0 Å². The second kappa shape index (κ2) is 7.16. The zero-order chi connectivity index (χ0) is 18.7. The van der Waals surface area contributed by atoms with Gasteiger partial charge in [0.2, 0.25) is 5.78 Å². The molecule has 8 nitrogen and oxygen atoms in total. The van der Waals surface area contributed by atoms with Gasteiger partial charge in [-0.3, -0.25) is 4.79 Å². The minimum Gasteiger partial charge on any atom is -0.619 e. The van der Waals surface area contributed by atoms with Crippen LogP contribution in [0.25, 0.3) is 0 Å². The van der Waals surface area contributed by atoms with Crippen LogP contribution in [0.15, 0.2) is 24.5 Å². The molecule has 0 spiro atoms. The van der Waals surface area contributed by atoms with Crippen molar-refractivity contribution in [2.45, 2.75) is 26.9 Å². The van der Waals surface area contributed by atoms with E-state index in [9.17, 15) is 19.6 Å². The van der Waals surface area contributed by atoms with Crippen molar-refractivity contribution in [1.82, 2.24) is 4.98 Å². The number of pyridine rings is 1. The lowest BCUT2D eigenvalue weighted by atomic mass is 10.1. The van der Waals surface area contributed by atoms with Crippen LogP contribution >= 0.6 is 0 Å². The number of nitrogens with zero attached hydrogens (tertiary/aromatic N) is 1. The number of aromatic amines is 1. The quantitative estimate of drug-likeness (QED) is 0.380. The van der Waals surface area contributed by atoms with Crippen LogP contribution in [0.5, 0.6) is 0 Å². The normalized spacial score (nSPS) is 11.7. The Morgan fingerprint density at radius 2 is 1.76 bits per heavy atom. The molecule has 25 heavy (non-hydrogen) atoms. The number of ketones is 1. The summed E-state index contributed by atoms with van der Waals surface area (Å²) in [5.41, 5.74) is 1.55. The first-order valence-electron chi connectivity index (χ1n) is 7.47. The van der Waals surface area contributed by atoms with Gasteiger partial charge >= 0.3 is 11.9 Å². The van der Waals surface area contributed by atoms with Gasteiger partial charge in [0.1, 0.15) is 0 Å². The van der Waals surface area contributed by atoms with Gasteiger partial charge in [-0.15, -0.1) is 0 Å². The number of esters is 2.